The number of alkyl halides is 1. The average Bonchev–Trinajstić information content (AvgIpc) is 3.11. The molecular weight excluding hydrogens is 478 g/mol. The van der Waals surface area contributed by atoms with Crippen molar-refractivity contribution in [3.8, 4) is 5.75 Å². The highest BCUT2D eigenvalue weighted by atomic mass is 79.9. The Morgan fingerprint density at radius 2 is 1.61 bits per heavy atom. The number of carbonyl (C=O) groups is 1. The molecule has 1 aromatic heterocycles. The molecule has 0 saturated heterocycles. The summed E-state index contributed by atoms with van der Waals surface area (Å²) in [4.78, 5) is 12.1. The Labute approximate surface area is 209 Å². The Morgan fingerprint density at radius 3 is 2.12 bits per heavy atom. The Bertz CT molecular complexity index is 860. The van der Waals surface area contributed by atoms with Gasteiger partial charge in [0.2, 0.25) is 5.60 Å². The minimum absolute atomic E-state index is 0.132. The van der Waals surface area contributed by atoms with Gasteiger partial charge in [0.25, 0.3) is 0 Å². The van der Waals surface area contributed by atoms with Crippen molar-refractivity contribution in [2.45, 2.75) is 110 Å². The molecule has 0 aliphatic rings. The number of benzene rings is 1. The first-order chi connectivity index (χ1) is 15.9. The number of nitrogens with zero attached hydrogens (tertiary/aromatic N) is 1. The number of aromatic nitrogens is 1. The molecule has 1 unspecified atom stereocenters. The molecule has 33 heavy (non-hydrogen) atoms. The Kier molecular flexibility index (Phi) is 11.8. The van der Waals surface area contributed by atoms with Crippen LogP contribution in [0.4, 0.5) is 0 Å². The molecule has 1 aromatic carbocycles. The van der Waals surface area contributed by atoms with Crippen molar-refractivity contribution in [1.29, 1.82) is 0 Å². The number of ether oxygens (including phenoxy) is 1. The summed E-state index contributed by atoms with van der Waals surface area (Å²) in [7, 11) is 0. The van der Waals surface area contributed by atoms with Gasteiger partial charge < -0.3 is 14.4 Å². The molecule has 0 spiro atoms. The minimum Gasteiger partial charge on any atom is -0.478 e. The largest absolute Gasteiger partial charge is 0.478 e. The van der Waals surface area contributed by atoms with E-state index in [1.165, 1.54) is 69.9 Å². The maximum atomic E-state index is 12.1. The van der Waals surface area contributed by atoms with Crippen LogP contribution in [0.15, 0.2) is 24.3 Å². The highest BCUT2D eigenvalue weighted by Crippen LogP contribution is 2.35. The van der Waals surface area contributed by atoms with E-state index < -0.39 is 11.6 Å². The lowest BCUT2D eigenvalue weighted by Gasteiger charge is -2.33. The second-order valence-corrected chi connectivity index (χ2v) is 10.4. The molecule has 2 aromatic rings. The normalized spacial score (nSPS) is 13.5. The molecular formula is C28H44BrNO3. The molecule has 0 aliphatic carbocycles. The van der Waals surface area contributed by atoms with Crippen LogP contribution >= 0.6 is 15.9 Å². The second kappa shape index (κ2) is 14.0. The van der Waals surface area contributed by atoms with Crippen molar-refractivity contribution in [3.63, 3.8) is 0 Å². The van der Waals surface area contributed by atoms with E-state index >= 15 is 0 Å². The van der Waals surface area contributed by atoms with Gasteiger partial charge in [0.1, 0.15) is 5.75 Å². The summed E-state index contributed by atoms with van der Waals surface area (Å²) in [5.41, 5.74) is 1.12. The number of carboxylic acid groups (broad SMARTS) is 1. The van der Waals surface area contributed by atoms with Crippen molar-refractivity contribution in [2.75, 3.05) is 5.33 Å². The topological polar surface area (TPSA) is 51.5 Å². The lowest BCUT2D eigenvalue weighted by atomic mass is 9.87. The number of hydrogen-bond donors (Lipinski definition) is 1. The van der Waals surface area contributed by atoms with Crippen LogP contribution in [0.25, 0.3) is 10.9 Å². The van der Waals surface area contributed by atoms with Crippen molar-refractivity contribution < 1.29 is 14.6 Å². The zero-order chi connectivity index (χ0) is 24.3. The SMILES string of the molecule is CCC(Oc1cccc2c1cc(C)n2CCCCCCCCCCCCBr)(C(=O)O)C(C)C. The van der Waals surface area contributed by atoms with Gasteiger partial charge in [-0.05, 0) is 44.4 Å². The standard InChI is InChI=1S/C28H44BrNO3/c1-5-28(22(2)3,27(31)32)33-26-18-16-17-25-24(26)21-23(4)30(25)20-15-13-11-9-7-6-8-10-12-14-19-29/h16-18,21-22H,5-15,19-20H2,1-4H3,(H,31,32). The molecule has 0 radical (unpaired) electrons. The average molecular weight is 523 g/mol. The molecule has 1 atom stereocenters. The van der Waals surface area contributed by atoms with Crippen LogP contribution in [0, 0.1) is 12.8 Å². The van der Waals surface area contributed by atoms with E-state index in [0.717, 1.165) is 22.8 Å². The maximum Gasteiger partial charge on any atom is 0.348 e. The number of carboxylic acids is 1. The van der Waals surface area contributed by atoms with E-state index in [2.05, 4.69) is 39.6 Å². The van der Waals surface area contributed by atoms with Crippen molar-refractivity contribution in [2.24, 2.45) is 5.92 Å². The van der Waals surface area contributed by atoms with Gasteiger partial charge in [-0.3, -0.25) is 0 Å². The van der Waals surface area contributed by atoms with Crippen LogP contribution < -0.4 is 4.74 Å². The van der Waals surface area contributed by atoms with E-state index in [9.17, 15) is 9.90 Å². The fourth-order valence-electron chi connectivity index (χ4n) is 4.79. The zero-order valence-corrected chi connectivity index (χ0v) is 22.8. The number of aryl methyl sites for hydroxylation is 2. The van der Waals surface area contributed by atoms with Gasteiger partial charge in [-0.2, -0.15) is 0 Å². The summed E-state index contributed by atoms with van der Waals surface area (Å²) in [5, 5.41) is 12.1. The zero-order valence-electron chi connectivity index (χ0n) is 21.2. The summed E-state index contributed by atoms with van der Waals surface area (Å²) < 4.78 is 8.61. The van der Waals surface area contributed by atoms with Gasteiger partial charge in [-0.25, -0.2) is 4.79 Å². The van der Waals surface area contributed by atoms with Crippen LogP contribution in [0.3, 0.4) is 0 Å². The quantitative estimate of drug-likeness (QED) is 0.167. The summed E-state index contributed by atoms with van der Waals surface area (Å²) in [6.45, 7) is 8.84. The fraction of sp³-hybridized carbons (Fsp3) is 0.679. The molecule has 0 saturated carbocycles. The van der Waals surface area contributed by atoms with E-state index in [0.29, 0.717) is 12.2 Å². The Morgan fingerprint density at radius 1 is 1.03 bits per heavy atom. The lowest BCUT2D eigenvalue weighted by molar-refractivity contribution is -0.160. The van der Waals surface area contributed by atoms with E-state index in [1.807, 2.05) is 32.9 Å². The molecule has 0 fully saturated rings. The molecule has 5 heteroatoms. The van der Waals surface area contributed by atoms with Crippen molar-refractivity contribution >= 4 is 32.8 Å². The van der Waals surface area contributed by atoms with Crippen LogP contribution in [-0.4, -0.2) is 26.6 Å². The third kappa shape index (κ3) is 7.50. The van der Waals surface area contributed by atoms with Gasteiger partial charge in [-0.15, -0.1) is 0 Å². The third-order valence-corrected chi connectivity index (χ3v) is 7.55. The highest BCUT2D eigenvalue weighted by Gasteiger charge is 2.43. The molecule has 186 valence electrons. The summed E-state index contributed by atoms with van der Waals surface area (Å²) in [6.07, 6.45) is 13.6. The van der Waals surface area contributed by atoms with Gasteiger partial charge in [-0.1, -0.05) is 94.1 Å². The third-order valence-electron chi connectivity index (χ3n) is 6.99. The predicted molar refractivity (Wildman–Crippen MR) is 143 cm³/mol. The number of hydrogen-bond acceptors (Lipinski definition) is 2. The number of fused-ring (bicyclic) bond motifs is 1. The van der Waals surface area contributed by atoms with Gasteiger partial charge in [0.05, 0.1) is 5.52 Å². The first-order valence-corrected chi connectivity index (χ1v) is 14.1. The van der Waals surface area contributed by atoms with E-state index in [4.69, 9.17) is 4.74 Å². The second-order valence-electron chi connectivity index (χ2n) is 9.66. The van der Waals surface area contributed by atoms with E-state index in [-0.39, 0.29) is 5.92 Å². The monoisotopic (exact) mass is 521 g/mol. The van der Waals surface area contributed by atoms with E-state index in [1.54, 1.807) is 0 Å². The molecule has 2 rings (SSSR count). The minimum atomic E-state index is -1.21. The molecule has 1 heterocycles. The van der Waals surface area contributed by atoms with Gasteiger partial charge in [0.15, 0.2) is 0 Å². The number of halogens is 1. The molecule has 0 aliphatic heterocycles. The molecule has 0 bridgehead atoms. The lowest BCUT2D eigenvalue weighted by Crippen LogP contribution is -2.48. The first-order valence-electron chi connectivity index (χ1n) is 12.9. The van der Waals surface area contributed by atoms with Crippen LogP contribution in [0.5, 0.6) is 5.75 Å². The summed E-state index contributed by atoms with van der Waals surface area (Å²) in [6, 6.07) is 8.15. The fourth-order valence-corrected chi connectivity index (χ4v) is 5.19. The Balaban J connectivity index is 1.92. The van der Waals surface area contributed by atoms with Crippen molar-refractivity contribution in [3.05, 3.63) is 30.0 Å². The summed E-state index contributed by atoms with van der Waals surface area (Å²) >= 11 is 3.50. The summed E-state index contributed by atoms with van der Waals surface area (Å²) in [5.74, 6) is -0.358. The molecule has 0 amide bonds. The number of aliphatic carboxylic acids is 1. The van der Waals surface area contributed by atoms with Gasteiger partial charge in [0, 0.05) is 28.9 Å². The maximum absolute atomic E-state index is 12.1. The highest BCUT2D eigenvalue weighted by molar-refractivity contribution is 9.09. The molecule has 1 N–H and O–H groups in total. The predicted octanol–water partition coefficient (Wildman–Crippen LogP) is 8.51. The number of rotatable bonds is 17. The van der Waals surface area contributed by atoms with Crippen molar-refractivity contribution in [1.82, 2.24) is 4.57 Å². The first kappa shape index (κ1) is 27.8. The van der Waals surface area contributed by atoms with Gasteiger partial charge >= 0.3 is 5.97 Å². The van der Waals surface area contributed by atoms with Crippen LogP contribution in [0.1, 0.15) is 97.1 Å². The van der Waals surface area contributed by atoms with Crippen LogP contribution in [0.2, 0.25) is 0 Å². The smallest absolute Gasteiger partial charge is 0.348 e. The molecule has 4 nitrogen and oxygen atoms in total. The number of unbranched alkanes of at least 4 members (excludes halogenated alkanes) is 9. The Hall–Kier alpha value is -1.49. The van der Waals surface area contributed by atoms with Crippen LogP contribution in [-0.2, 0) is 11.3 Å².